The topological polar surface area (TPSA) is 59.4 Å². The van der Waals surface area contributed by atoms with E-state index in [0.717, 1.165) is 49.8 Å². The summed E-state index contributed by atoms with van der Waals surface area (Å²) in [7, 11) is 0. The second-order valence-electron chi connectivity index (χ2n) is 6.24. The third-order valence-corrected chi connectivity index (χ3v) is 4.71. The number of anilines is 2. The highest BCUT2D eigenvalue weighted by Gasteiger charge is 2.20. The van der Waals surface area contributed by atoms with Crippen molar-refractivity contribution in [1.29, 1.82) is 0 Å². The van der Waals surface area contributed by atoms with E-state index in [4.69, 9.17) is 4.74 Å². The van der Waals surface area contributed by atoms with Gasteiger partial charge in [-0.25, -0.2) is 4.98 Å². The van der Waals surface area contributed by atoms with Gasteiger partial charge in [0.05, 0.1) is 25.0 Å². The van der Waals surface area contributed by atoms with Gasteiger partial charge in [0.25, 0.3) is 5.91 Å². The molecule has 0 spiro atoms. The van der Waals surface area contributed by atoms with Gasteiger partial charge in [-0.1, -0.05) is 12.1 Å². The fourth-order valence-electron chi connectivity index (χ4n) is 3.45. The van der Waals surface area contributed by atoms with E-state index in [1.54, 1.807) is 6.20 Å². The third-order valence-electron chi connectivity index (χ3n) is 4.71. The lowest BCUT2D eigenvalue weighted by molar-refractivity contribution is 0.102. The van der Waals surface area contributed by atoms with Crippen LogP contribution in [-0.4, -0.2) is 41.8 Å². The van der Waals surface area contributed by atoms with E-state index in [9.17, 15) is 4.79 Å². The van der Waals surface area contributed by atoms with Crippen LogP contribution in [0, 0.1) is 0 Å². The Bertz CT molecular complexity index is 734. The van der Waals surface area contributed by atoms with E-state index in [1.807, 2.05) is 24.3 Å². The molecule has 2 aliphatic rings. The fraction of sp³-hybridized carbons (Fsp3) is 0.444. The van der Waals surface area contributed by atoms with Gasteiger partial charge in [-0.15, -0.1) is 0 Å². The molecule has 1 amide bonds. The van der Waals surface area contributed by atoms with Crippen LogP contribution >= 0.6 is 0 Å². The molecule has 0 atom stereocenters. The molecule has 0 bridgehead atoms. The summed E-state index contributed by atoms with van der Waals surface area (Å²) in [5.74, 6) is 1.79. The number of aryl methyl sites for hydroxylation is 1. The van der Waals surface area contributed by atoms with Gasteiger partial charge in [0, 0.05) is 31.7 Å². The number of amides is 1. The number of carbonyl (C=O) groups excluding carboxylic acids is 1. The monoisotopic (exact) mass is 326 g/mol. The molecular formula is C18H22N4O2. The number of nitrogens with zero attached hydrogens (tertiary/aromatic N) is 3. The zero-order valence-electron chi connectivity index (χ0n) is 13.7. The Kier molecular flexibility index (Phi) is 4.21. The first-order valence-corrected chi connectivity index (χ1v) is 8.60. The summed E-state index contributed by atoms with van der Waals surface area (Å²) in [5, 5.41) is 3.05. The van der Waals surface area contributed by atoms with E-state index in [-0.39, 0.29) is 5.91 Å². The highest BCUT2D eigenvalue weighted by molar-refractivity contribution is 6.07. The standard InChI is InChI=1S/C18H22N4O2/c23-18(20-17-13-19-16-7-3-4-8-22(16)17)14-5-1-2-6-15(14)21-9-11-24-12-10-21/h1-2,5-6,13H,3-4,7-12H2,(H,20,23). The normalized spacial score (nSPS) is 17.4. The molecule has 0 saturated carbocycles. The van der Waals surface area contributed by atoms with Crippen LogP contribution in [0.25, 0.3) is 0 Å². The van der Waals surface area contributed by atoms with Crippen LogP contribution in [0.4, 0.5) is 11.5 Å². The summed E-state index contributed by atoms with van der Waals surface area (Å²) >= 11 is 0. The number of imidazole rings is 1. The number of hydrogen-bond donors (Lipinski definition) is 1. The van der Waals surface area contributed by atoms with Crippen LogP contribution in [0.2, 0.25) is 0 Å². The summed E-state index contributed by atoms with van der Waals surface area (Å²) in [6.07, 6.45) is 5.07. The van der Waals surface area contributed by atoms with E-state index in [1.165, 1.54) is 6.42 Å². The first-order valence-electron chi connectivity index (χ1n) is 8.60. The van der Waals surface area contributed by atoms with Gasteiger partial charge in [-0.2, -0.15) is 0 Å². The minimum Gasteiger partial charge on any atom is -0.378 e. The molecule has 126 valence electrons. The fourth-order valence-corrected chi connectivity index (χ4v) is 3.45. The molecule has 3 heterocycles. The van der Waals surface area contributed by atoms with Crippen molar-refractivity contribution in [2.75, 3.05) is 36.5 Å². The van der Waals surface area contributed by atoms with Crippen LogP contribution in [0.3, 0.4) is 0 Å². The predicted octanol–water partition coefficient (Wildman–Crippen LogP) is 2.31. The predicted molar refractivity (Wildman–Crippen MR) is 92.6 cm³/mol. The Morgan fingerprint density at radius 1 is 1.12 bits per heavy atom. The van der Waals surface area contributed by atoms with Crippen molar-refractivity contribution in [2.45, 2.75) is 25.8 Å². The first-order chi connectivity index (χ1) is 11.8. The number of benzene rings is 1. The van der Waals surface area contributed by atoms with Crippen LogP contribution in [0.1, 0.15) is 29.0 Å². The molecular weight excluding hydrogens is 304 g/mol. The average molecular weight is 326 g/mol. The van der Waals surface area contributed by atoms with Crippen LogP contribution < -0.4 is 10.2 Å². The smallest absolute Gasteiger partial charge is 0.258 e. The van der Waals surface area contributed by atoms with Gasteiger partial charge in [0.1, 0.15) is 11.6 Å². The number of aromatic nitrogens is 2. The molecule has 24 heavy (non-hydrogen) atoms. The van der Waals surface area contributed by atoms with Crippen molar-refractivity contribution >= 4 is 17.4 Å². The Morgan fingerprint density at radius 2 is 1.96 bits per heavy atom. The molecule has 0 radical (unpaired) electrons. The molecule has 0 aliphatic carbocycles. The second-order valence-corrected chi connectivity index (χ2v) is 6.24. The highest BCUT2D eigenvalue weighted by Crippen LogP contribution is 2.24. The Morgan fingerprint density at radius 3 is 2.83 bits per heavy atom. The molecule has 4 rings (SSSR count). The SMILES string of the molecule is O=C(Nc1cnc2n1CCCC2)c1ccccc1N1CCOCC1. The highest BCUT2D eigenvalue weighted by atomic mass is 16.5. The minimum atomic E-state index is -0.0784. The van der Waals surface area contributed by atoms with E-state index in [0.29, 0.717) is 18.8 Å². The number of hydrogen-bond acceptors (Lipinski definition) is 4. The van der Waals surface area contributed by atoms with Crippen molar-refractivity contribution < 1.29 is 9.53 Å². The first kappa shape index (κ1) is 15.2. The summed E-state index contributed by atoms with van der Waals surface area (Å²) in [5.41, 5.74) is 1.67. The Hall–Kier alpha value is -2.34. The van der Waals surface area contributed by atoms with Crippen LogP contribution in [0.15, 0.2) is 30.5 Å². The number of para-hydroxylation sites is 1. The molecule has 1 aromatic heterocycles. The Balaban J connectivity index is 1.57. The van der Waals surface area contributed by atoms with E-state index >= 15 is 0 Å². The van der Waals surface area contributed by atoms with Crippen molar-refractivity contribution in [1.82, 2.24) is 9.55 Å². The molecule has 1 aromatic carbocycles. The second kappa shape index (κ2) is 6.65. The summed E-state index contributed by atoms with van der Waals surface area (Å²) < 4.78 is 7.54. The zero-order chi connectivity index (χ0) is 16.4. The largest absolute Gasteiger partial charge is 0.378 e. The summed E-state index contributed by atoms with van der Waals surface area (Å²) in [6, 6.07) is 7.77. The molecule has 2 aromatic rings. The van der Waals surface area contributed by atoms with Gasteiger partial charge in [-0.3, -0.25) is 4.79 Å². The van der Waals surface area contributed by atoms with Crippen LogP contribution in [-0.2, 0) is 17.7 Å². The molecule has 2 aliphatic heterocycles. The number of rotatable bonds is 3. The quantitative estimate of drug-likeness (QED) is 0.940. The third kappa shape index (κ3) is 2.89. The van der Waals surface area contributed by atoms with Gasteiger partial charge in [-0.05, 0) is 25.0 Å². The maximum absolute atomic E-state index is 12.9. The van der Waals surface area contributed by atoms with E-state index in [2.05, 4.69) is 19.8 Å². The number of ether oxygens (including phenoxy) is 1. The van der Waals surface area contributed by atoms with Gasteiger partial charge in [0.15, 0.2) is 0 Å². The summed E-state index contributed by atoms with van der Waals surface area (Å²) in [6.45, 7) is 3.95. The molecule has 1 saturated heterocycles. The lowest BCUT2D eigenvalue weighted by Gasteiger charge is -2.30. The van der Waals surface area contributed by atoms with Crippen molar-refractivity contribution in [3.63, 3.8) is 0 Å². The number of carbonyl (C=O) groups is 1. The number of morpholine rings is 1. The van der Waals surface area contributed by atoms with Gasteiger partial charge < -0.3 is 19.5 Å². The van der Waals surface area contributed by atoms with E-state index < -0.39 is 0 Å². The molecule has 0 unspecified atom stereocenters. The van der Waals surface area contributed by atoms with Crippen molar-refractivity contribution in [3.8, 4) is 0 Å². The lowest BCUT2D eigenvalue weighted by atomic mass is 10.1. The summed E-state index contributed by atoms with van der Waals surface area (Å²) in [4.78, 5) is 19.5. The van der Waals surface area contributed by atoms with Gasteiger partial charge >= 0.3 is 0 Å². The van der Waals surface area contributed by atoms with Gasteiger partial charge in [0.2, 0.25) is 0 Å². The number of nitrogens with one attached hydrogen (secondary N) is 1. The van der Waals surface area contributed by atoms with Crippen LogP contribution in [0.5, 0.6) is 0 Å². The van der Waals surface area contributed by atoms with Crippen molar-refractivity contribution in [3.05, 3.63) is 41.9 Å². The Labute approximate surface area is 141 Å². The maximum Gasteiger partial charge on any atom is 0.258 e. The zero-order valence-corrected chi connectivity index (χ0v) is 13.7. The lowest BCUT2D eigenvalue weighted by Crippen LogP contribution is -2.37. The number of fused-ring (bicyclic) bond motifs is 1. The minimum absolute atomic E-state index is 0.0784. The molecule has 1 N–H and O–H groups in total. The molecule has 6 heteroatoms. The molecule has 6 nitrogen and oxygen atoms in total. The van der Waals surface area contributed by atoms with Crippen molar-refractivity contribution in [2.24, 2.45) is 0 Å². The molecule has 1 fully saturated rings. The maximum atomic E-state index is 12.9. The average Bonchev–Trinajstić information content (AvgIpc) is 3.05.